The molecule has 1 heterocycles. The number of nitrogens with one attached hydrogen (secondary N) is 3. The lowest BCUT2D eigenvalue weighted by Gasteiger charge is -2.41. The summed E-state index contributed by atoms with van der Waals surface area (Å²) in [5.74, 6) is -0.491. The zero-order valence-electron chi connectivity index (χ0n) is 13.5. The Balaban J connectivity index is 1.74. The van der Waals surface area contributed by atoms with Gasteiger partial charge in [0.1, 0.15) is 5.82 Å². The fraction of sp³-hybridized carbons (Fsp3) is 0.529. The molecule has 0 bridgehead atoms. The van der Waals surface area contributed by atoms with Gasteiger partial charge >= 0.3 is 0 Å². The van der Waals surface area contributed by atoms with Gasteiger partial charge in [-0.3, -0.25) is 15.0 Å². The van der Waals surface area contributed by atoms with Crippen LogP contribution in [-0.2, 0) is 16.0 Å². The third-order valence-corrected chi connectivity index (χ3v) is 5.00. The minimum absolute atomic E-state index is 0.0573. The van der Waals surface area contributed by atoms with Crippen LogP contribution in [0.2, 0.25) is 0 Å². The van der Waals surface area contributed by atoms with E-state index < -0.39 is 11.7 Å². The molecule has 1 aliphatic carbocycles. The molecule has 1 saturated carbocycles. The molecule has 7 heteroatoms. The van der Waals surface area contributed by atoms with Gasteiger partial charge in [0.2, 0.25) is 11.8 Å². The van der Waals surface area contributed by atoms with E-state index in [1.54, 1.807) is 12.1 Å². The molecule has 3 rings (SSSR count). The normalized spacial score (nSPS) is 26.4. The summed E-state index contributed by atoms with van der Waals surface area (Å²) < 4.78 is 13.8. The molecule has 1 aliphatic heterocycles. The number of hydrogen-bond donors (Lipinski definition) is 4. The zero-order chi connectivity index (χ0) is 17.1. The van der Waals surface area contributed by atoms with E-state index in [-0.39, 0.29) is 30.1 Å². The molecule has 2 amide bonds. The Morgan fingerprint density at radius 1 is 1.33 bits per heavy atom. The Hall–Kier alpha value is -1.99. The van der Waals surface area contributed by atoms with Crippen molar-refractivity contribution in [2.24, 2.45) is 17.6 Å². The second-order valence-corrected chi connectivity index (χ2v) is 6.57. The number of rotatable bonds is 4. The number of hydrogen-bond acceptors (Lipinski definition) is 4. The molecule has 2 aliphatic rings. The average molecular weight is 334 g/mol. The molecule has 2 fully saturated rings. The lowest BCUT2D eigenvalue weighted by molar-refractivity contribution is -0.133. The summed E-state index contributed by atoms with van der Waals surface area (Å²) in [6, 6.07) is 4.81. The van der Waals surface area contributed by atoms with Crippen LogP contribution >= 0.6 is 0 Å². The number of carbonyl (C=O) groups is 2. The van der Waals surface area contributed by atoms with Crippen LogP contribution in [0.3, 0.4) is 0 Å². The fourth-order valence-electron chi connectivity index (χ4n) is 3.78. The van der Waals surface area contributed by atoms with E-state index in [1.807, 2.05) is 0 Å². The molecule has 6 nitrogen and oxygen atoms in total. The van der Waals surface area contributed by atoms with Gasteiger partial charge in [-0.25, -0.2) is 9.82 Å². The van der Waals surface area contributed by atoms with Crippen molar-refractivity contribution in [1.29, 1.82) is 0 Å². The van der Waals surface area contributed by atoms with Crippen molar-refractivity contribution < 1.29 is 14.0 Å². The van der Waals surface area contributed by atoms with Crippen molar-refractivity contribution in [3.8, 4) is 0 Å². The molecule has 1 aromatic rings. The summed E-state index contributed by atoms with van der Waals surface area (Å²) in [5.41, 5.74) is 12.2. The summed E-state index contributed by atoms with van der Waals surface area (Å²) in [4.78, 5) is 23.4. The van der Waals surface area contributed by atoms with Crippen LogP contribution < -0.4 is 21.9 Å². The monoisotopic (exact) mass is 334 g/mol. The Kier molecular flexibility index (Phi) is 5.11. The molecular formula is C17H23FN4O2. The van der Waals surface area contributed by atoms with Crippen LogP contribution in [0, 0.1) is 17.7 Å². The number of hydrazine groups is 1. The minimum atomic E-state index is -0.485. The molecule has 3 unspecified atom stereocenters. The van der Waals surface area contributed by atoms with Crippen LogP contribution in [0.1, 0.15) is 31.2 Å². The highest BCUT2D eigenvalue weighted by Crippen LogP contribution is 2.35. The van der Waals surface area contributed by atoms with Gasteiger partial charge in [0.25, 0.3) is 0 Å². The zero-order valence-corrected chi connectivity index (χ0v) is 13.5. The standard InChI is InChI=1S/C17H23FN4O2/c18-13-6-5-10(8-15(13)20-16(23)9-19)7-14-11-3-1-2-4-12(11)17(24)22-21-14/h5-6,8,11-12,14,21H,1-4,7,9,19H2,(H,20,23)(H,22,24). The molecule has 5 N–H and O–H groups in total. The summed E-state index contributed by atoms with van der Waals surface area (Å²) in [5, 5.41) is 2.47. The largest absolute Gasteiger partial charge is 0.322 e. The second-order valence-electron chi connectivity index (χ2n) is 6.57. The van der Waals surface area contributed by atoms with E-state index in [4.69, 9.17) is 5.73 Å². The third-order valence-electron chi connectivity index (χ3n) is 5.00. The van der Waals surface area contributed by atoms with Crippen molar-refractivity contribution >= 4 is 17.5 Å². The van der Waals surface area contributed by atoms with Crippen LogP contribution in [0.15, 0.2) is 18.2 Å². The summed E-state index contributed by atoms with van der Waals surface area (Å²) >= 11 is 0. The molecule has 130 valence electrons. The third kappa shape index (κ3) is 3.57. The molecule has 24 heavy (non-hydrogen) atoms. The van der Waals surface area contributed by atoms with Crippen molar-refractivity contribution in [1.82, 2.24) is 10.9 Å². The number of halogens is 1. The van der Waals surface area contributed by atoms with E-state index in [0.29, 0.717) is 12.3 Å². The van der Waals surface area contributed by atoms with Crippen molar-refractivity contribution in [3.05, 3.63) is 29.6 Å². The van der Waals surface area contributed by atoms with Gasteiger partial charge in [-0.1, -0.05) is 18.9 Å². The highest BCUT2D eigenvalue weighted by atomic mass is 19.1. The van der Waals surface area contributed by atoms with E-state index in [2.05, 4.69) is 16.2 Å². The summed E-state index contributed by atoms with van der Waals surface area (Å²) in [6.45, 7) is -0.191. The Morgan fingerprint density at radius 3 is 2.92 bits per heavy atom. The number of anilines is 1. The number of nitrogens with two attached hydrogens (primary N) is 1. The van der Waals surface area contributed by atoms with Crippen LogP contribution in [0.4, 0.5) is 10.1 Å². The summed E-state index contributed by atoms with van der Waals surface area (Å²) in [6.07, 6.45) is 4.83. The van der Waals surface area contributed by atoms with Gasteiger partial charge in [0.15, 0.2) is 0 Å². The molecule has 1 saturated heterocycles. The van der Waals surface area contributed by atoms with Gasteiger partial charge in [-0.05, 0) is 42.9 Å². The SMILES string of the molecule is NCC(=O)Nc1cc(CC2NNC(=O)C3CCCCC23)ccc1F. The highest BCUT2D eigenvalue weighted by Gasteiger charge is 2.39. The van der Waals surface area contributed by atoms with Crippen LogP contribution in [0.25, 0.3) is 0 Å². The molecule has 3 atom stereocenters. The maximum absolute atomic E-state index is 13.8. The van der Waals surface area contributed by atoms with Crippen LogP contribution in [0.5, 0.6) is 0 Å². The molecule has 1 aromatic carbocycles. The number of amides is 2. The Morgan fingerprint density at radius 2 is 2.12 bits per heavy atom. The lowest BCUT2D eigenvalue weighted by atomic mass is 9.72. The quantitative estimate of drug-likeness (QED) is 0.662. The molecule has 0 spiro atoms. The van der Waals surface area contributed by atoms with Gasteiger partial charge in [-0.2, -0.15) is 0 Å². The molecule has 0 aromatic heterocycles. The maximum atomic E-state index is 13.8. The van der Waals surface area contributed by atoms with E-state index in [9.17, 15) is 14.0 Å². The van der Waals surface area contributed by atoms with E-state index >= 15 is 0 Å². The predicted molar refractivity (Wildman–Crippen MR) is 88.3 cm³/mol. The van der Waals surface area contributed by atoms with Gasteiger partial charge in [0.05, 0.1) is 12.2 Å². The van der Waals surface area contributed by atoms with Gasteiger partial charge in [-0.15, -0.1) is 0 Å². The van der Waals surface area contributed by atoms with E-state index in [1.165, 1.54) is 6.07 Å². The average Bonchev–Trinajstić information content (AvgIpc) is 2.60. The first-order valence-corrected chi connectivity index (χ1v) is 8.42. The van der Waals surface area contributed by atoms with E-state index in [0.717, 1.165) is 31.2 Å². The minimum Gasteiger partial charge on any atom is -0.322 e. The van der Waals surface area contributed by atoms with Crippen LogP contribution in [-0.4, -0.2) is 24.4 Å². The number of benzene rings is 1. The first-order valence-electron chi connectivity index (χ1n) is 8.42. The second kappa shape index (κ2) is 7.27. The highest BCUT2D eigenvalue weighted by molar-refractivity contribution is 5.92. The molecule has 0 radical (unpaired) electrons. The van der Waals surface area contributed by atoms with Gasteiger partial charge in [0, 0.05) is 12.0 Å². The Bertz CT molecular complexity index is 637. The predicted octanol–water partition coefficient (Wildman–Crippen LogP) is 1.07. The Labute approximate surface area is 140 Å². The number of fused-ring (bicyclic) bond motifs is 1. The first-order chi connectivity index (χ1) is 11.6. The lowest BCUT2D eigenvalue weighted by Crippen LogP contribution is -2.60. The van der Waals surface area contributed by atoms with Crippen molar-refractivity contribution in [2.75, 3.05) is 11.9 Å². The fourth-order valence-corrected chi connectivity index (χ4v) is 3.78. The first kappa shape index (κ1) is 16.9. The smallest absolute Gasteiger partial charge is 0.238 e. The topological polar surface area (TPSA) is 96.2 Å². The van der Waals surface area contributed by atoms with Crippen molar-refractivity contribution in [3.63, 3.8) is 0 Å². The van der Waals surface area contributed by atoms with Gasteiger partial charge < -0.3 is 11.1 Å². The van der Waals surface area contributed by atoms with Crippen molar-refractivity contribution in [2.45, 2.75) is 38.1 Å². The molecular weight excluding hydrogens is 311 g/mol. The number of carbonyl (C=O) groups excluding carboxylic acids is 2. The summed E-state index contributed by atoms with van der Waals surface area (Å²) in [7, 11) is 0. The maximum Gasteiger partial charge on any atom is 0.238 e.